The fourth-order valence-corrected chi connectivity index (χ4v) is 3.55. The number of allylic oxidation sites excluding steroid dienone is 2. The second-order valence-corrected chi connectivity index (χ2v) is 8.49. The number of ether oxygens (including phenoxy) is 1. The fraction of sp³-hybridized carbons (Fsp3) is 0.880. The van der Waals surface area contributed by atoms with Crippen molar-refractivity contribution in [3.05, 3.63) is 12.2 Å². The molecule has 28 heavy (non-hydrogen) atoms. The number of carbonyl (C=O) groups excluding carboxylic acids is 1. The van der Waals surface area contributed by atoms with Crippen molar-refractivity contribution >= 4 is 18.6 Å². The van der Waals surface area contributed by atoms with Crippen LogP contribution in [-0.2, 0) is 9.53 Å². The van der Waals surface area contributed by atoms with Crippen LogP contribution in [0.25, 0.3) is 0 Å². The zero-order valence-electron chi connectivity index (χ0n) is 18.8. The van der Waals surface area contributed by atoms with Crippen molar-refractivity contribution in [2.45, 2.75) is 129 Å². The smallest absolute Gasteiger partial charge is 0.305 e. The van der Waals surface area contributed by atoms with E-state index in [1.807, 2.05) is 0 Å². The van der Waals surface area contributed by atoms with Crippen LogP contribution in [0.4, 0.5) is 0 Å². The van der Waals surface area contributed by atoms with Crippen LogP contribution in [-0.4, -0.2) is 18.3 Å². The molecule has 0 aromatic carbocycles. The van der Waals surface area contributed by atoms with Gasteiger partial charge in [0.05, 0.1) is 0 Å². The van der Waals surface area contributed by atoms with E-state index in [1.165, 1.54) is 103 Å². The Morgan fingerprint density at radius 1 is 0.679 bits per heavy atom. The van der Waals surface area contributed by atoms with Crippen molar-refractivity contribution in [2.24, 2.45) is 0 Å². The Labute approximate surface area is 181 Å². The number of unbranched alkanes of at least 4 members (excludes halogenated alkanes) is 16. The molecule has 0 spiro atoms. The maximum absolute atomic E-state index is 11.3. The van der Waals surface area contributed by atoms with Gasteiger partial charge in [0.15, 0.2) is 0 Å². The van der Waals surface area contributed by atoms with Gasteiger partial charge in [-0.25, -0.2) is 0 Å². The minimum atomic E-state index is -0.0680. The van der Waals surface area contributed by atoms with Gasteiger partial charge in [-0.05, 0) is 32.1 Å². The van der Waals surface area contributed by atoms with E-state index in [2.05, 4.69) is 31.7 Å². The van der Waals surface area contributed by atoms with E-state index in [0.29, 0.717) is 18.8 Å². The summed E-state index contributed by atoms with van der Waals surface area (Å²) in [6.07, 6.45) is 29.3. The first-order valence-electron chi connectivity index (χ1n) is 12.2. The third-order valence-electron chi connectivity index (χ3n) is 5.25. The number of thiol groups is 1. The second-order valence-electron chi connectivity index (χ2n) is 8.05. The van der Waals surface area contributed by atoms with Crippen molar-refractivity contribution in [1.82, 2.24) is 0 Å². The molecule has 166 valence electrons. The first-order valence-corrected chi connectivity index (χ1v) is 12.9. The molecule has 0 fully saturated rings. The molecule has 0 N–H and O–H groups in total. The predicted molar refractivity (Wildman–Crippen MR) is 127 cm³/mol. The Morgan fingerprint density at radius 2 is 1.11 bits per heavy atom. The zero-order valence-corrected chi connectivity index (χ0v) is 19.7. The molecule has 0 saturated heterocycles. The number of hydrogen-bond acceptors (Lipinski definition) is 3. The van der Waals surface area contributed by atoms with Crippen LogP contribution in [0.1, 0.15) is 129 Å². The summed E-state index contributed by atoms with van der Waals surface area (Å²) in [5.41, 5.74) is 0. The van der Waals surface area contributed by atoms with Gasteiger partial charge in [-0.2, -0.15) is 12.6 Å². The average molecular weight is 413 g/mol. The van der Waals surface area contributed by atoms with Crippen LogP contribution in [0.5, 0.6) is 0 Å². The minimum absolute atomic E-state index is 0.0680. The van der Waals surface area contributed by atoms with Crippen molar-refractivity contribution in [2.75, 3.05) is 12.4 Å². The largest absolute Gasteiger partial charge is 0.465 e. The molecule has 0 unspecified atom stereocenters. The normalized spacial score (nSPS) is 11.4. The van der Waals surface area contributed by atoms with Gasteiger partial charge in [-0.1, -0.05) is 103 Å². The molecule has 0 radical (unpaired) electrons. The van der Waals surface area contributed by atoms with E-state index in [0.717, 1.165) is 12.8 Å². The number of hydrogen-bond donors (Lipinski definition) is 1. The topological polar surface area (TPSA) is 26.3 Å². The Hall–Kier alpha value is -0.440. The summed E-state index contributed by atoms with van der Waals surface area (Å²) in [6, 6.07) is 0. The highest BCUT2D eigenvalue weighted by atomic mass is 32.1. The van der Waals surface area contributed by atoms with Crippen LogP contribution in [0.3, 0.4) is 0 Å². The molecule has 0 aromatic heterocycles. The molecule has 0 atom stereocenters. The molecule has 0 aliphatic carbocycles. The Balaban J connectivity index is 3.13. The molecule has 0 heterocycles. The monoisotopic (exact) mass is 412 g/mol. The van der Waals surface area contributed by atoms with Crippen LogP contribution in [0.15, 0.2) is 12.2 Å². The highest BCUT2D eigenvalue weighted by Gasteiger charge is 2.01. The highest BCUT2D eigenvalue weighted by Crippen LogP contribution is 2.12. The molecule has 0 saturated carbocycles. The van der Waals surface area contributed by atoms with E-state index >= 15 is 0 Å². The average Bonchev–Trinajstić information content (AvgIpc) is 2.70. The molecule has 0 aliphatic heterocycles. The Bertz CT molecular complexity index is 341. The number of esters is 1. The highest BCUT2D eigenvalue weighted by molar-refractivity contribution is 7.80. The molecule has 0 bridgehead atoms. The standard InChI is InChI=1S/C25H48O2S/c1-2-3-4-5-6-7-8-9-10-11-12-13-14-15-16-17-18-19-20-21-22-25(26)27-23-24-28/h13-14,28H,2-12,15-24H2,1H3/b14-13+. The van der Waals surface area contributed by atoms with Gasteiger partial charge in [0.2, 0.25) is 0 Å². The SMILES string of the molecule is CCCCCCCCCCCC/C=C/CCCCCCCCC(=O)OCCS. The fourth-order valence-electron chi connectivity index (χ4n) is 3.46. The summed E-state index contributed by atoms with van der Waals surface area (Å²) < 4.78 is 5.01. The quantitative estimate of drug-likeness (QED) is 0.0835. The lowest BCUT2D eigenvalue weighted by molar-refractivity contribution is -0.143. The first kappa shape index (κ1) is 27.6. The van der Waals surface area contributed by atoms with Gasteiger partial charge in [-0.3, -0.25) is 4.79 Å². The second kappa shape index (κ2) is 24.6. The minimum Gasteiger partial charge on any atom is -0.465 e. The molecular weight excluding hydrogens is 364 g/mol. The van der Waals surface area contributed by atoms with E-state index < -0.39 is 0 Å². The van der Waals surface area contributed by atoms with E-state index in [9.17, 15) is 4.79 Å². The zero-order chi connectivity index (χ0) is 20.5. The van der Waals surface area contributed by atoms with Crippen LogP contribution in [0, 0.1) is 0 Å². The van der Waals surface area contributed by atoms with Crippen molar-refractivity contribution in [3.8, 4) is 0 Å². The number of rotatable bonds is 22. The van der Waals surface area contributed by atoms with Crippen molar-refractivity contribution < 1.29 is 9.53 Å². The van der Waals surface area contributed by atoms with E-state index in [1.54, 1.807) is 0 Å². The Morgan fingerprint density at radius 3 is 1.57 bits per heavy atom. The van der Waals surface area contributed by atoms with Gasteiger partial charge >= 0.3 is 5.97 Å². The summed E-state index contributed by atoms with van der Waals surface area (Å²) >= 11 is 4.03. The summed E-state index contributed by atoms with van der Waals surface area (Å²) in [5, 5.41) is 0. The maximum atomic E-state index is 11.3. The predicted octanol–water partition coefficient (Wildman–Crippen LogP) is 8.45. The number of carbonyl (C=O) groups is 1. The first-order chi connectivity index (χ1) is 13.8. The van der Waals surface area contributed by atoms with E-state index in [4.69, 9.17) is 4.74 Å². The third-order valence-corrected chi connectivity index (χ3v) is 5.43. The van der Waals surface area contributed by atoms with Gasteiger partial charge in [-0.15, -0.1) is 0 Å². The summed E-state index contributed by atoms with van der Waals surface area (Å²) in [4.78, 5) is 11.3. The molecule has 0 amide bonds. The maximum Gasteiger partial charge on any atom is 0.305 e. The lowest BCUT2D eigenvalue weighted by Crippen LogP contribution is -2.06. The van der Waals surface area contributed by atoms with Crippen LogP contribution < -0.4 is 0 Å². The Kier molecular flexibility index (Phi) is 24.2. The molecular formula is C25H48O2S. The van der Waals surface area contributed by atoms with Gasteiger partial charge < -0.3 is 4.74 Å². The van der Waals surface area contributed by atoms with Gasteiger partial charge in [0.25, 0.3) is 0 Å². The third kappa shape index (κ3) is 23.6. The van der Waals surface area contributed by atoms with Crippen LogP contribution >= 0.6 is 12.6 Å². The molecule has 3 heteroatoms. The van der Waals surface area contributed by atoms with Crippen molar-refractivity contribution in [1.29, 1.82) is 0 Å². The summed E-state index contributed by atoms with van der Waals surface area (Å²) in [6.45, 7) is 2.72. The van der Waals surface area contributed by atoms with Crippen molar-refractivity contribution in [3.63, 3.8) is 0 Å². The van der Waals surface area contributed by atoms with Crippen LogP contribution in [0.2, 0.25) is 0 Å². The lowest BCUT2D eigenvalue weighted by Gasteiger charge is -2.03. The molecule has 0 aliphatic rings. The molecule has 0 aromatic rings. The lowest BCUT2D eigenvalue weighted by atomic mass is 10.1. The summed E-state index contributed by atoms with van der Waals surface area (Å²) in [5.74, 6) is 0.543. The molecule has 2 nitrogen and oxygen atoms in total. The van der Waals surface area contributed by atoms with Gasteiger partial charge in [0, 0.05) is 12.2 Å². The summed E-state index contributed by atoms with van der Waals surface area (Å²) in [7, 11) is 0. The van der Waals surface area contributed by atoms with E-state index in [-0.39, 0.29) is 5.97 Å². The van der Waals surface area contributed by atoms with Gasteiger partial charge in [0.1, 0.15) is 6.61 Å². The molecule has 0 rings (SSSR count).